The highest BCUT2D eigenvalue weighted by Crippen LogP contribution is 2.33. The Hall–Kier alpha value is -2.13. The molecule has 0 fully saturated rings. The monoisotopic (exact) mass is 298 g/mol. The fourth-order valence-corrected chi connectivity index (χ4v) is 2.48. The van der Waals surface area contributed by atoms with Crippen molar-refractivity contribution in [2.75, 3.05) is 0 Å². The Kier molecular flexibility index (Phi) is 3.76. The van der Waals surface area contributed by atoms with Gasteiger partial charge >= 0.3 is 0 Å². The van der Waals surface area contributed by atoms with Gasteiger partial charge in [-0.15, -0.1) is 10.2 Å². The fraction of sp³-hybridized carbons (Fsp3) is 0.176. The summed E-state index contributed by atoms with van der Waals surface area (Å²) in [6.07, 6.45) is 0. The average molecular weight is 299 g/mol. The van der Waals surface area contributed by atoms with Crippen molar-refractivity contribution in [2.24, 2.45) is 0 Å². The Morgan fingerprint density at radius 2 is 1.57 bits per heavy atom. The van der Waals surface area contributed by atoms with Crippen LogP contribution in [0.3, 0.4) is 0 Å². The maximum atomic E-state index is 6.08. The van der Waals surface area contributed by atoms with E-state index in [0.29, 0.717) is 17.0 Å². The van der Waals surface area contributed by atoms with Gasteiger partial charge in [-0.25, -0.2) is 0 Å². The molecule has 2 aromatic carbocycles. The Bertz CT molecular complexity index is 787. The molecule has 0 aliphatic rings. The van der Waals surface area contributed by atoms with Crippen molar-refractivity contribution in [2.45, 2.75) is 19.8 Å². The van der Waals surface area contributed by atoms with Gasteiger partial charge < -0.3 is 4.74 Å². The van der Waals surface area contributed by atoms with Crippen molar-refractivity contribution in [1.82, 2.24) is 10.2 Å². The number of fused-ring (bicyclic) bond motifs is 1. The van der Waals surface area contributed by atoms with E-state index in [1.165, 1.54) is 0 Å². The molecule has 0 saturated heterocycles. The third-order valence-corrected chi connectivity index (χ3v) is 3.64. The lowest BCUT2D eigenvalue weighted by Crippen LogP contribution is -1.97. The summed E-state index contributed by atoms with van der Waals surface area (Å²) in [4.78, 5) is 0. The highest BCUT2D eigenvalue weighted by molar-refractivity contribution is 6.34. The topological polar surface area (TPSA) is 35.0 Å². The Labute approximate surface area is 128 Å². The predicted octanol–water partition coefficient (Wildman–Crippen LogP) is 5.20. The molecule has 1 aromatic heterocycles. The van der Waals surface area contributed by atoms with Crippen LogP contribution in [0.2, 0.25) is 5.15 Å². The van der Waals surface area contributed by atoms with Gasteiger partial charge in [0.25, 0.3) is 0 Å². The average Bonchev–Trinajstić information content (AvgIpc) is 2.51. The van der Waals surface area contributed by atoms with Crippen LogP contribution < -0.4 is 4.74 Å². The van der Waals surface area contributed by atoms with Gasteiger partial charge in [0, 0.05) is 10.8 Å². The molecule has 0 amide bonds. The molecule has 3 aromatic rings. The van der Waals surface area contributed by atoms with Crippen LogP contribution in [0.1, 0.15) is 25.3 Å². The van der Waals surface area contributed by atoms with Crippen LogP contribution >= 0.6 is 11.6 Å². The molecule has 21 heavy (non-hydrogen) atoms. The molecule has 0 aliphatic carbocycles. The fourth-order valence-electron chi connectivity index (χ4n) is 2.28. The van der Waals surface area contributed by atoms with Crippen molar-refractivity contribution in [3.63, 3.8) is 0 Å². The zero-order valence-electron chi connectivity index (χ0n) is 11.9. The number of benzene rings is 2. The van der Waals surface area contributed by atoms with Crippen molar-refractivity contribution in [3.8, 4) is 11.6 Å². The van der Waals surface area contributed by atoms with Crippen LogP contribution in [-0.2, 0) is 0 Å². The smallest absolute Gasteiger partial charge is 0.246 e. The van der Waals surface area contributed by atoms with Crippen molar-refractivity contribution >= 4 is 22.4 Å². The van der Waals surface area contributed by atoms with Gasteiger partial charge in [-0.3, -0.25) is 0 Å². The van der Waals surface area contributed by atoms with Gasteiger partial charge in [-0.2, -0.15) is 0 Å². The number of hydrogen-bond acceptors (Lipinski definition) is 3. The lowest BCUT2D eigenvalue weighted by atomic mass is 10.0. The molecule has 0 N–H and O–H groups in total. The molecular weight excluding hydrogens is 284 g/mol. The van der Waals surface area contributed by atoms with Crippen molar-refractivity contribution in [3.05, 3.63) is 59.2 Å². The predicted molar refractivity (Wildman–Crippen MR) is 85.2 cm³/mol. The van der Waals surface area contributed by atoms with Gasteiger partial charge in [-0.1, -0.05) is 61.8 Å². The van der Waals surface area contributed by atoms with Gasteiger partial charge in [0.15, 0.2) is 5.15 Å². The number of hydrogen-bond donors (Lipinski definition) is 0. The zero-order chi connectivity index (χ0) is 14.8. The summed E-state index contributed by atoms with van der Waals surface area (Å²) < 4.78 is 6.01. The number of halogens is 1. The van der Waals surface area contributed by atoms with E-state index >= 15 is 0 Å². The first-order valence-electron chi connectivity index (χ1n) is 6.84. The van der Waals surface area contributed by atoms with E-state index < -0.39 is 0 Å². The van der Waals surface area contributed by atoms with Crippen molar-refractivity contribution < 1.29 is 4.74 Å². The maximum Gasteiger partial charge on any atom is 0.246 e. The lowest BCUT2D eigenvalue weighted by molar-refractivity contribution is 0.453. The molecular formula is C17H15ClN2O. The second kappa shape index (κ2) is 5.70. The molecule has 3 rings (SSSR count). The SMILES string of the molecule is CC(C)c1ccccc1Oc1nnc(Cl)c2ccccc12. The Morgan fingerprint density at radius 1 is 0.905 bits per heavy atom. The van der Waals surface area contributed by atoms with Gasteiger partial charge in [0.05, 0.1) is 0 Å². The molecule has 0 saturated carbocycles. The second-order valence-corrected chi connectivity index (χ2v) is 5.49. The third kappa shape index (κ3) is 2.69. The first-order chi connectivity index (χ1) is 10.2. The van der Waals surface area contributed by atoms with E-state index in [1.54, 1.807) is 0 Å². The summed E-state index contributed by atoms with van der Waals surface area (Å²) in [5, 5.41) is 10.1. The first kappa shape index (κ1) is 13.8. The minimum Gasteiger partial charge on any atom is -0.437 e. The van der Waals surface area contributed by atoms with E-state index in [9.17, 15) is 0 Å². The Morgan fingerprint density at radius 3 is 2.33 bits per heavy atom. The van der Waals surface area contributed by atoms with Crippen LogP contribution in [0.25, 0.3) is 10.8 Å². The Balaban J connectivity index is 2.09. The van der Waals surface area contributed by atoms with Crippen LogP contribution in [0.4, 0.5) is 0 Å². The van der Waals surface area contributed by atoms with E-state index in [2.05, 4.69) is 30.1 Å². The van der Waals surface area contributed by atoms with Crippen LogP contribution in [0.15, 0.2) is 48.5 Å². The number of ether oxygens (including phenoxy) is 1. The minimum absolute atomic E-state index is 0.368. The van der Waals surface area contributed by atoms with Crippen LogP contribution in [0, 0.1) is 0 Å². The zero-order valence-corrected chi connectivity index (χ0v) is 12.6. The molecule has 0 aliphatic heterocycles. The number of rotatable bonds is 3. The third-order valence-electron chi connectivity index (χ3n) is 3.36. The van der Waals surface area contributed by atoms with E-state index in [4.69, 9.17) is 16.3 Å². The standard InChI is InChI=1S/C17H15ClN2O/c1-11(2)12-7-5-6-10-15(12)21-17-14-9-4-3-8-13(14)16(18)19-20-17/h3-11H,1-2H3. The summed E-state index contributed by atoms with van der Waals surface area (Å²) in [6.45, 7) is 4.27. The summed E-state index contributed by atoms with van der Waals surface area (Å²) in [5.41, 5.74) is 1.14. The minimum atomic E-state index is 0.368. The molecule has 106 valence electrons. The van der Waals surface area contributed by atoms with E-state index in [-0.39, 0.29) is 0 Å². The first-order valence-corrected chi connectivity index (χ1v) is 7.22. The van der Waals surface area contributed by atoms with Gasteiger partial charge in [-0.05, 0) is 23.6 Å². The summed E-state index contributed by atoms with van der Waals surface area (Å²) in [5.74, 6) is 1.64. The highest BCUT2D eigenvalue weighted by Gasteiger charge is 2.12. The van der Waals surface area contributed by atoms with E-state index in [1.807, 2.05) is 42.5 Å². The quantitative estimate of drug-likeness (QED) is 0.666. The lowest BCUT2D eigenvalue weighted by Gasteiger charge is -2.13. The van der Waals surface area contributed by atoms with Gasteiger partial charge in [0.2, 0.25) is 5.88 Å². The summed E-state index contributed by atoms with van der Waals surface area (Å²) >= 11 is 6.08. The van der Waals surface area contributed by atoms with Crippen LogP contribution in [-0.4, -0.2) is 10.2 Å². The normalized spacial score (nSPS) is 11.0. The molecule has 0 spiro atoms. The van der Waals surface area contributed by atoms with E-state index in [0.717, 1.165) is 22.1 Å². The maximum absolute atomic E-state index is 6.08. The molecule has 0 unspecified atom stereocenters. The summed E-state index contributed by atoms with van der Waals surface area (Å²) in [6, 6.07) is 15.7. The van der Waals surface area contributed by atoms with Gasteiger partial charge in [0.1, 0.15) is 5.75 Å². The molecule has 4 heteroatoms. The molecule has 0 atom stereocenters. The molecule has 0 bridgehead atoms. The second-order valence-electron chi connectivity index (χ2n) is 5.14. The highest BCUT2D eigenvalue weighted by atomic mass is 35.5. The number of nitrogens with zero attached hydrogens (tertiary/aromatic N) is 2. The van der Waals surface area contributed by atoms with Crippen molar-refractivity contribution in [1.29, 1.82) is 0 Å². The largest absolute Gasteiger partial charge is 0.437 e. The summed E-state index contributed by atoms with van der Waals surface area (Å²) in [7, 11) is 0. The number of aromatic nitrogens is 2. The molecule has 0 radical (unpaired) electrons. The number of para-hydroxylation sites is 1. The van der Waals surface area contributed by atoms with Crippen LogP contribution in [0.5, 0.6) is 11.6 Å². The molecule has 1 heterocycles. The molecule has 3 nitrogen and oxygen atoms in total.